The minimum Gasteiger partial charge on any atom is -0.352 e. The van der Waals surface area contributed by atoms with Crippen molar-refractivity contribution in [3.63, 3.8) is 0 Å². The van der Waals surface area contributed by atoms with Crippen LogP contribution in [-0.4, -0.2) is 18.2 Å². The number of aryl methyl sites for hydroxylation is 1. The highest BCUT2D eigenvalue weighted by atomic mass is 79.9. The van der Waals surface area contributed by atoms with E-state index in [1.165, 1.54) is 0 Å². The highest BCUT2D eigenvalue weighted by Crippen LogP contribution is 2.23. The number of nitrogens with one attached hydrogen (secondary N) is 1. The van der Waals surface area contributed by atoms with Gasteiger partial charge in [0.05, 0.1) is 0 Å². The van der Waals surface area contributed by atoms with E-state index in [2.05, 4.69) is 21.2 Å². The number of benzene rings is 2. The average Bonchev–Trinajstić information content (AvgIpc) is 2.49. The summed E-state index contributed by atoms with van der Waals surface area (Å²) in [5.41, 5.74) is 3.79. The summed E-state index contributed by atoms with van der Waals surface area (Å²) >= 11 is 3.41. The van der Waals surface area contributed by atoms with E-state index in [4.69, 9.17) is 0 Å². The Morgan fingerprint density at radius 2 is 2.00 bits per heavy atom. The molecule has 3 rings (SSSR count). The standard InChI is InChI=1S/C17H14BrNO2/c1-10-2-5-15(18)14(8-10)16(20)12-4-3-11-6-7-19-17(21)13(11)9-12/h2-5,8-9H,6-7H2,1H3,(H,19,21). The molecule has 0 saturated heterocycles. The lowest BCUT2D eigenvalue weighted by Crippen LogP contribution is -2.32. The average molecular weight is 344 g/mol. The molecule has 0 radical (unpaired) electrons. The number of carbonyl (C=O) groups is 2. The zero-order chi connectivity index (χ0) is 15.0. The Hall–Kier alpha value is -1.94. The molecular weight excluding hydrogens is 330 g/mol. The van der Waals surface area contributed by atoms with Gasteiger partial charge in [0, 0.05) is 27.7 Å². The minimum atomic E-state index is -0.103. The fourth-order valence-electron chi connectivity index (χ4n) is 2.52. The number of amides is 1. The van der Waals surface area contributed by atoms with Crippen LogP contribution in [0, 0.1) is 6.92 Å². The van der Waals surface area contributed by atoms with Crippen molar-refractivity contribution in [2.75, 3.05) is 6.54 Å². The van der Waals surface area contributed by atoms with Gasteiger partial charge in [0.1, 0.15) is 0 Å². The quantitative estimate of drug-likeness (QED) is 0.850. The molecule has 0 fully saturated rings. The van der Waals surface area contributed by atoms with Crippen LogP contribution in [-0.2, 0) is 6.42 Å². The van der Waals surface area contributed by atoms with Crippen LogP contribution in [0.4, 0.5) is 0 Å². The number of fused-ring (bicyclic) bond motifs is 1. The number of hydrogen-bond acceptors (Lipinski definition) is 2. The fourth-order valence-corrected chi connectivity index (χ4v) is 2.95. The first-order valence-corrected chi connectivity index (χ1v) is 7.57. The lowest BCUT2D eigenvalue weighted by atomic mass is 9.94. The molecule has 1 amide bonds. The largest absolute Gasteiger partial charge is 0.352 e. The molecule has 0 bridgehead atoms. The molecule has 2 aromatic carbocycles. The smallest absolute Gasteiger partial charge is 0.251 e. The van der Waals surface area contributed by atoms with Gasteiger partial charge in [0.2, 0.25) is 0 Å². The zero-order valence-electron chi connectivity index (χ0n) is 11.6. The molecule has 106 valence electrons. The summed E-state index contributed by atoms with van der Waals surface area (Å²) < 4.78 is 0.764. The van der Waals surface area contributed by atoms with E-state index in [1.54, 1.807) is 12.1 Å². The molecule has 4 heteroatoms. The van der Waals surface area contributed by atoms with Crippen molar-refractivity contribution in [1.82, 2.24) is 5.32 Å². The molecule has 0 atom stereocenters. The van der Waals surface area contributed by atoms with E-state index < -0.39 is 0 Å². The molecule has 21 heavy (non-hydrogen) atoms. The van der Waals surface area contributed by atoms with Crippen LogP contribution in [0.3, 0.4) is 0 Å². The van der Waals surface area contributed by atoms with Crippen molar-refractivity contribution in [3.8, 4) is 0 Å². The molecule has 0 spiro atoms. The second kappa shape index (κ2) is 5.45. The van der Waals surface area contributed by atoms with Gasteiger partial charge in [-0.1, -0.05) is 39.7 Å². The number of hydrogen-bond donors (Lipinski definition) is 1. The molecule has 3 nitrogen and oxygen atoms in total. The van der Waals surface area contributed by atoms with Crippen LogP contribution in [0.5, 0.6) is 0 Å². The predicted octanol–water partition coefficient (Wildman–Crippen LogP) is 3.27. The molecule has 0 unspecified atom stereocenters. The van der Waals surface area contributed by atoms with Crippen molar-refractivity contribution in [2.45, 2.75) is 13.3 Å². The van der Waals surface area contributed by atoms with Gasteiger partial charge in [-0.15, -0.1) is 0 Å². The summed E-state index contributed by atoms with van der Waals surface area (Å²) in [5, 5.41) is 2.81. The highest BCUT2D eigenvalue weighted by molar-refractivity contribution is 9.10. The van der Waals surface area contributed by atoms with Crippen LogP contribution < -0.4 is 5.32 Å². The van der Waals surface area contributed by atoms with Crippen molar-refractivity contribution in [3.05, 3.63) is 68.7 Å². The van der Waals surface area contributed by atoms with E-state index in [0.717, 1.165) is 22.0 Å². The number of rotatable bonds is 2. The van der Waals surface area contributed by atoms with E-state index in [0.29, 0.717) is 23.2 Å². The van der Waals surface area contributed by atoms with Crippen molar-refractivity contribution >= 4 is 27.6 Å². The molecule has 0 aliphatic carbocycles. The molecule has 1 heterocycles. The van der Waals surface area contributed by atoms with Crippen LogP contribution in [0.1, 0.15) is 37.4 Å². The third-order valence-electron chi connectivity index (χ3n) is 3.66. The summed E-state index contributed by atoms with van der Waals surface area (Å²) in [6.07, 6.45) is 0.809. The first-order valence-electron chi connectivity index (χ1n) is 6.78. The Morgan fingerprint density at radius 3 is 2.81 bits per heavy atom. The van der Waals surface area contributed by atoms with Gasteiger partial charge in [-0.25, -0.2) is 0 Å². The number of ketones is 1. The maximum Gasteiger partial charge on any atom is 0.251 e. The molecule has 0 saturated carbocycles. The number of carbonyl (C=O) groups excluding carboxylic acids is 2. The van der Waals surface area contributed by atoms with E-state index in [1.807, 2.05) is 31.2 Å². The number of halogens is 1. The van der Waals surface area contributed by atoms with Gasteiger partial charge >= 0.3 is 0 Å². The molecular formula is C17H14BrNO2. The van der Waals surface area contributed by atoms with Crippen LogP contribution >= 0.6 is 15.9 Å². The van der Waals surface area contributed by atoms with Crippen molar-refractivity contribution in [2.24, 2.45) is 0 Å². The predicted molar refractivity (Wildman–Crippen MR) is 84.8 cm³/mol. The first kappa shape index (κ1) is 14.0. The van der Waals surface area contributed by atoms with Crippen LogP contribution in [0.15, 0.2) is 40.9 Å². The molecule has 1 aliphatic heterocycles. The van der Waals surface area contributed by atoms with Gasteiger partial charge in [-0.3, -0.25) is 9.59 Å². The molecule has 1 aliphatic rings. The summed E-state index contributed by atoms with van der Waals surface area (Å²) in [6.45, 7) is 2.60. The Bertz CT molecular complexity index is 752. The van der Waals surface area contributed by atoms with Gasteiger partial charge < -0.3 is 5.32 Å². The van der Waals surface area contributed by atoms with Gasteiger partial charge in [0.25, 0.3) is 5.91 Å². The molecule has 0 aromatic heterocycles. The topological polar surface area (TPSA) is 46.2 Å². The minimum absolute atomic E-state index is 0.0771. The van der Waals surface area contributed by atoms with Crippen molar-refractivity contribution < 1.29 is 9.59 Å². The van der Waals surface area contributed by atoms with E-state index in [-0.39, 0.29) is 11.7 Å². The maximum atomic E-state index is 12.7. The summed E-state index contributed by atoms with van der Waals surface area (Å²) in [6, 6.07) is 11.0. The summed E-state index contributed by atoms with van der Waals surface area (Å²) in [5.74, 6) is -0.180. The summed E-state index contributed by atoms with van der Waals surface area (Å²) in [4.78, 5) is 24.5. The molecule has 2 aromatic rings. The SMILES string of the molecule is Cc1ccc(Br)c(C(=O)c2ccc3c(c2)C(=O)NCC3)c1. The Labute approximate surface area is 131 Å². The lowest BCUT2D eigenvalue weighted by molar-refractivity contribution is 0.0946. The van der Waals surface area contributed by atoms with Gasteiger partial charge in [-0.05, 0) is 37.1 Å². The second-order valence-electron chi connectivity index (χ2n) is 5.19. The maximum absolute atomic E-state index is 12.7. The third kappa shape index (κ3) is 2.63. The van der Waals surface area contributed by atoms with Gasteiger partial charge in [0.15, 0.2) is 5.78 Å². The fraction of sp³-hybridized carbons (Fsp3) is 0.176. The highest BCUT2D eigenvalue weighted by Gasteiger charge is 2.20. The van der Waals surface area contributed by atoms with Gasteiger partial charge in [-0.2, -0.15) is 0 Å². The first-order chi connectivity index (χ1) is 10.1. The molecule has 1 N–H and O–H groups in total. The Balaban J connectivity index is 2.04. The van der Waals surface area contributed by atoms with E-state index >= 15 is 0 Å². The monoisotopic (exact) mass is 343 g/mol. The van der Waals surface area contributed by atoms with Crippen LogP contribution in [0.2, 0.25) is 0 Å². The normalized spacial score (nSPS) is 13.5. The second-order valence-corrected chi connectivity index (χ2v) is 6.04. The Morgan fingerprint density at radius 1 is 1.19 bits per heavy atom. The van der Waals surface area contributed by atoms with Crippen molar-refractivity contribution in [1.29, 1.82) is 0 Å². The van der Waals surface area contributed by atoms with E-state index in [9.17, 15) is 9.59 Å². The Kier molecular flexibility index (Phi) is 3.64. The summed E-state index contributed by atoms with van der Waals surface area (Å²) in [7, 11) is 0. The zero-order valence-corrected chi connectivity index (χ0v) is 13.2. The van der Waals surface area contributed by atoms with Crippen LogP contribution in [0.25, 0.3) is 0 Å². The third-order valence-corrected chi connectivity index (χ3v) is 4.35. The lowest BCUT2D eigenvalue weighted by Gasteiger charge is -2.17.